The second-order valence-corrected chi connectivity index (χ2v) is 7.69. The number of amides is 1. The molecule has 0 atom stereocenters. The minimum Gasteiger partial charge on any atom is -0.490 e. The molecule has 0 saturated heterocycles. The smallest absolute Gasteiger partial charge is 0.274 e. The molecule has 2 aromatic heterocycles. The molecule has 1 amide bonds. The van der Waals surface area contributed by atoms with Gasteiger partial charge >= 0.3 is 0 Å². The first-order valence-corrected chi connectivity index (χ1v) is 9.80. The summed E-state index contributed by atoms with van der Waals surface area (Å²) in [5, 5.41) is 4.75. The molecule has 0 unspecified atom stereocenters. The molecule has 2 heterocycles. The zero-order chi connectivity index (χ0) is 21.3. The molecule has 0 N–H and O–H groups in total. The third-order valence-corrected chi connectivity index (χ3v) is 5.30. The number of hydrogen-bond acceptors (Lipinski definition) is 7. The lowest BCUT2D eigenvalue weighted by molar-refractivity contribution is 0.0760. The fourth-order valence-corrected chi connectivity index (χ4v) is 3.44. The maximum atomic E-state index is 12.7. The van der Waals surface area contributed by atoms with Crippen LogP contribution in [0.2, 0.25) is 5.02 Å². The van der Waals surface area contributed by atoms with Gasteiger partial charge in [-0.05, 0) is 43.8 Å². The average Bonchev–Trinajstić information content (AvgIpc) is 3.31. The number of aromatic nitrogens is 4. The van der Waals surface area contributed by atoms with Gasteiger partial charge in [-0.1, -0.05) is 16.8 Å². The number of nitrogens with zero attached hydrogens (tertiary/aromatic N) is 6. The summed E-state index contributed by atoms with van der Waals surface area (Å²) < 4.78 is 12.9. The lowest BCUT2D eigenvalue weighted by Crippen LogP contribution is -2.33. The van der Waals surface area contributed by atoms with Crippen LogP contribution in [0.3, 0.4) is 0 Å². The highest BCUT2D eigenvalue weighted by atomic mass is 35.5. The summed E-state index contributed by atoms with van der Waals surface area (Å²) in [6.07, 6.45) is 3.24. The van der Waals surface area contributed by atoms with Crippen molar-refractivity contribution in [2.45, 2.75) is 31.4 Å². The van der Waals surface area contributed by atoms with Crippen LogP contribution >= 0.6 is 11.6 Å². The number of imidazole rings is 1. The number of aliphatic imine (C=N–C) groups is 1. The fraction of sp³-hybridized carbons (Fsp3) is 0.350. The van der Waals surface area contributed by atoms with E-state index in [2.05, 4.69) is 26.8 Å². The first kappa shape index (κ1) is 20.1. The fourth-order valence-electron chi connectivity index (χ4n) is 3.31. The predicted molar refractivity (Wildman–Crippen MR) is 110 cm³/mol. The van der Waals surface area contributed by atoms with E-state index in [9.17, 15) is 4.79 Å². The van der Waals surface area contributed by atoms with Crippen molar-refractivity contribution in [3.63, 3.8) is 0 Å². The standard InChI is InChI=1S/C20H21ClN6O3/c1-22-19-17(27(3)11-23-19)20(28)26(2)10-16-24-18(25-30-16)12-8-15(9-12)29-14-6-4-13(21)5-7-14/h4-7,11-12,15H,1,8-10H2,2-3H3. The molecule has 30 heavy (non-hydrogen) atoms. The summed E-state index contributed by atoms with van der Waals surface area (Å²) in [5.74, 6) is 2.02. The minimum atomic E-state index is -0.253. The molecule has 1 aromatic carbocycles. The van der Waals surface area contributed by atoms with Crippen LogP contribution in [0.15, 0.2) is 40.1 Å². The van der Waals surface area contributed by atoms with Gasteiger partial charge in [-0.2, -0.15) is 4.98 Å². The monoisotopic (exact) mass is 428 g/mol. The summed E-state index contributed by atoms with van der Waals surface area (Å²) in [4.78, 5) is 26.5. The van der Waals surface area contributed by atoms with Crippen LogP contribution in [-0.2, 0) is 13.6 Å². The number of rotatable bonds is 7. The summed E-state index contributed by atoms with van der Waals surface area (Å²) in [7, 11) is 3.39. The van der Waals surface area contributed by atoms with Crippen LogP contribution in [0.25, 0.3) is 0 Å². The number of halogens is 1. The second-order valence-electron chi connectivity index (χ2n) is 7.26. The number of ether oxygens (including phenoxy) is 1. The third kappa shape index (κ3) is 4.06. The Kier molecular flexibility index (Phi) is 5.54. The van der Waals surface area contributed by atoms with Crippen LogP contribution in [0.5, 0.6) is 5.75 Å². The van der Waals surface area contributed by atoms with Gasteiger partial charge in [0.05, 0.1) is 6.33 Å². The van der Waals surface area contributed by atoms with Crippen molar-refractivity contribution in [1.29, 1.82) is 0 Å². The Bertz CT molecular complexity index is 1050. The van der Waals surface area contributed by atoms with Crippen LogP contribution in [0, 0.1) is 0 Å². The second kappa shape index (κ2) is 8.27. The molecule has 0 bridgehead atoms. The molecule has 1 aliphatic carbocycles. The first-order chi connectivity index (χ1) is 14.4. The summed E-state index contributed by atoms with van der Waals surface area (Å²) in [6.45, 7) is 3.64. The largest absolute Gasteiger partial charge is 0.490 e. The van der Waals surface area contributed by atoms with Crippen LogP contribution < -0.4 is 4.74 Å². The van der Waals surface area contributed by atoms with E-state index >= 15 is 0 Å². The molecular formula is C20H21ClN6O3. The Morgan fingerprint density at radius 2 is 2.13 bits per heavy atom. The first-order valence-electron chi connectivity index (χ1n) is 9.42. The molecule has 0 spiro atoms. The Morgan fingerprint density at radius 3 is 2.83 bits per heavy atom. The molecule has 1 aliphatic rings. The number of carbonyl (C=O) groups is 1. The van der Waals surface area contributed by atoms with Gasteiger partial charge in [0.2, 0.25) is 5.89 Å². The van der Waals surface area contributed by atoms with Crippen LogP contribution in [0.4, 0.5) is 5.82 Å². The van der Waals surface area contributed by atoms with Gasteiger partial charge in [-0.15, -0.1) is 0 Å². The van der Waals surface area contributed by atoms with E-state index in [0.29, 0.717) is 28.2 Å². The van der Waals surface area contributed by atoms with Crippen LogP contribution in [0.1, 0.15) is 41.0 Å². The van der Waals surface area contributed by atoms with E-state index in [0.717, 1.165) is 18.6 Å². The van der Waals surface area contributed by atoms with Crippen molar-refractivity contribution in [1.82, 2.24) is 24.6 Å². The molecule has 3 aromatic rings. The molecule has 9 nitrogen and oxygen atoms in total. The lowest BCUT2D eigenvalue weighted by Gasteiger charge is -2.33. The van der Waals surface area contributed by atoms with Crippen molar-refractivity contribution in [2.24, 2.45) is 12.0 Å². The van der Waals surface area contributed by atoms with Crippen molar-refractivity contribution in [3.8, 4) is 5.75 Å². The summed E-state index contributed by atoms with van der Waals surface area (Å²) in [6, 6.07) is 7.31. The Labute approximate surface area is 178 Å². The number of hydrogen-bond donors (Lipinski definition) is 0. The highest BCUT2D eigenvalue weighted by Crippen LogP contribution is 2.38. The maximum Gasteiger partial charge on any atom is 0.274 e. The van der Waals surface area contributed by atoms with Crippen molar-refractivity contribution in [3.05, 3.63) is 53.0 Å². The summed E-state index contributed by atoms with van der Waals surface area (Å²) in [5.41, 5.74) is 0.355. The summed E-state index contributed by atoms with van der Waals surface area (Å²) >= 11 is 5.89. The maximum absolute atomic E-state index is 12.7. The van der Waals surface area contributed by atoms with Crippen molar-refractivity contribution in [2.75, 3.05) is 7.05 Å². The van der Waals surface area contributed by atoms with Gasteiger partial charge in [0.25, 0.3) is 5.91 Å². The molecular weight excluding hydrogens is 408 g/mol. The zero-order valence-corrected chi connectivity index (χ0v) is 17.4. The van der Waals surface area contributed by atoms with Crippen molar-refractivity contribution >= 4 is 30.0 Å². The van der Waals surface area contributed by atoms with E-state index in [1.54, 1.807) is 30.8 Å². The highest BCUT2D eigenvalue weighted by molar-refractivity contribution is 6.30. The molecule has 0 aliphatic heterocycles. The lowest BCUT2D eigenvalue weighted by atomic mass is 9.82. The Hall–Kier alpha value is -3.20. The van der Waals surface area contributed by atoms with E-state index in [4.69, 9.17) is 20.9 Å². The highest BCUT2D eigenvalue weighted by Gasteiger charge is 2.35. The molecule has 4 rings (SSSR count). The molecule has 1 fully saturated rings. The van der Waals surface area contributed by atoms with Crippen LogP contribution in [-0.4, -0.2) is 50.4 Å². The van der Waals surface area contributed by atoms with Crippen molar-refractivity contribution < 1.29 is 14.1 Å². The quantitative estimate of drug-likeness (QED) is 0.535. The molecule has 156 valence electrons. The van der Waals surface area contributed by atoms with E-state index in [1.807, 2.05) is 12.1 Å². The number of aryl methyl sites for hydroxylation is 1. The van der Waals surface area contributed by atoms with Gasteiger partial charge in [-0.25, -0.2) is 9.98 Å². The minimum absolute atomic E-state index is 0.108. The SMILES string of the molecule is C=Nc1ncn(C)c1C(=O)N(C)Cc1nc(C2CC(Oc3ccc(Cl)cc3)C2)no1. The Morgan fingerprint density at radius 1 is 1.40 bits per heavy atom. The van der Waals surface area contributed by atoms with E-state index in [1.165, 1.54) is 11.2 Å². The van der Waals surface area contributed by atoms with E-state index < -0.39 is 0 Å². The van der Waals surface area contributed by atoms with Gasteiger partial charge < -0.3 is 18.7 Å². The zero-order valence-electron chi connectivity index (χ0n) is 16.7. The Balaban J connectivity index is 1.32. The average molecular weight is 429 g/mol. The van der Waals surface area contributed by atoms with Gasteiger partial charge in [0.15, 0.2) is 17.3 Å². The van der Waals surface area contributed by atoms with Gasteiger partial charge in [0, 0.05) is 25.0 Å². The molecule has 1 saturated carbocycles. The topological polar surface area (TPSA) is 98.6 Å². The normalized spacial score (nSPS) is 18.0. The predicted octanol–water partition coefficient (Wildman–Crippen LogP) is 3.39. The van der Waals surface area contributed by atoms with Gasteiger partial charge in [0.1, 0.15) is 18.4 Å². The van der Waals surface area contributed by atoms with Gasteiger partial charge in [-0.3, -0.25) is 4.79 Å². The van der Waals surface area contributed by atoms with E-state index in [-0.39, 0.29) is 24.5 Å². The molecule has 0 radical (unpaired) electrons. The molecule has 10 heteroatoms. The number of benzene rings is 1. The number of carbonyl (C=O) groups excluding carboxylic acids is 1. The third-order valence-electron chi connectivity index (χ3n) is 5.05.